The van der Waals surface area contributed by atoms with Crippen LogP contribution in [0.4, 0.5) is 13.2 Å². The highest BCUT2D eigenvalue weighted by atomic mass is 79.9. The van der Waals surface area contributed by atoms with Crippen LogP contribution in [0.25, 0.3) is 5.57 Å². The van der Waals surface area contributed by atoms with Crippen LogP contribution in [0.1, 0.15) is 38.3 Å². The summed E-state index contributed by atoms with van der Waals surface area (Å²) in [7, 11) is 0. The predicted octanol–water partition coefficient (Wildman–Crippen LogP) is 5.26. The summed E-state index contributed by atoms with van der Waals surface area (Å²) in [5.74, 6) is 0. The van der Waals surface area contributed by atoms with Crippen LogP contribution in [0, 0.1) is 5.41 Å². The molecule has 0 radical (unpaired) electrons. The van der Waals surface area contributed by atoms with Crippen LogP contribution in [-0.2, 0) is 6.18 Å². The van der Waals surface area contributed by atoms with Crippen LogP contribution in [-0.4, -0.2) is 12.6 Å². The number of nitrogens with one attached hydrogen (secondary N) is 1. The summed E-state index contributed by atoms with van der Waals surface area (Å²) in [5.41, 5.74) is 1.03. The van der Waals surface area contributed by atoms with Gasteiger partial charge in [0.2, 0.25) is 0 Å². The minimum atomic E-state index is -4.31. The van der Waals surface area contributed by atoms with Crippen molar-refractivity contribution in [2.24, 2.45) is 5.41 Å². The van der Waals surface area contributed by atoms with Gasteiger partial charge in [0.25, 0.3) is 0 Å². The molecular formula is C16H19BrF3N. The zero-order valence-corrected chi connectivity index (χ0v) is 13.9. The van der Waals surface area contributed by atoms with E-state index in [1.54, 1.807) is 0 Å². The highest BCUT2D eigenvalue weighted by Crippen LogP contribution is 2.37. The first kappa shape index (κ1) is 16.6. The monoisotopic (exact) mass is 361 g/mol. The van der Waals surface area contributed by atoms with Crippen molar-refractivity contribution in [1.29, 1.82) is 0 Å². The quantitative estimate of drug-likeness (QED) is 0.719. The molecule has 21 heavy (non-hydrogen) atoms. The van der Waals surface area contributed by atoms with Crippen molar-refractivity contribution in [3.05, 3.63) is 39.9 Å². The molecular weight excluding hydrogens is 343 g/mol. The predicted molar refractivity (Wildman–Crippen MR) is 83.0 cm³/mol. The van der Waals surface area contributed by atoms with Crippen molar-refractivity contribution in [3.63, 3.8) is 0 Å². The van der Waals surface area contributed by atoms with Crippen LogP contribution < -0.4 is 5.32 Å². The third-order valence-electron chi connectivity index (χ3n) is 3.70. The standard InChI is InChI=1S/C16H19BrF3N/c1-15(2,3)14-8-10(6-7-21-14)12-9-11(16(18,19)20)4-5-13(12)17/h4-5,8-9,14,21H,6-7H2,1-3H3. The lowest BCUT2D eigenvalue weighted by atomic mass is 9.82. The molecule has 0 amide bonds. The first-order chi connectivity index (χ1) is 9.59. The van der Waals surface area contributed by atoms with Gasteiger partial charge in [0, 0.05) is 10.5 Å². The van der Waals surface area contributed by atoms with Crippen LogP contribution in [0.2, 0.25) is 0 Å². The fourth-order valence-electron chi connectivity index (χ4n) is 2.43. The van der Waals surface area contributed by atoms with E-state index in [4.69, 9.17) is 0 Å². The molecule has 0 spiro atoms. The Labute approximate surface area is 131 Å². The molecule has 0 aliphatic carbocycles. The number of hydrogen-bond acceptors (Lipinski definition) is 1. The van der Waals surface area contributed by atoms with Crippen molar-refractivity contribution in [3.8, 4) is 0 Å². The number of hydrogen-bond donors (Lipinski definition) is 1. The lowest BCUT2D eigenvalue weighted by Crippen LogP contribution is -2.41. The van der Waals surface area contributed by atoms with Gasteiger partial charge in [-0.25, -0.2) is 0 Å². The summed E-state index contributed by atoms with van der Waals surface area (Å²) in [6.07, 6.45) is -1.53. The maximum absolute atomic E-state index is 12.9. The zero-order chi connectivity index (χ0) is 15.8. The summed E-state index contributed by atoms with van der Waals surface area (Å²) >= 11 is 3.37. The van der Waals surface area contributed by atoms with E-state index in [0.717, 1.165) is 24.6 Å². The Balaban J connectivity index is 2.43. The van der Waals surface area contributed by atoms with Crippen molar-refractivity contribution in [2.75, 3.05) is 6.54 Å². The average Bonchev–Trinajstić information content (AvgIpc) is 2.37. The molecule has 5 heteroatoms. The van der Waals surface area contributed by atoms with E-state index in [1.807, 2.05) is 0 Å². The second-order valence-electron chi connectivity index (χ2n) is 6.43. The summed E-state index contributed by atoms with van der Waals surface area (Å²) < 4.78 is 39.4. The topological polar surface area (TPSA) is 12.0 Å². The molecule has 0 saturated carbocycles. The van der Waals surface area contributed by atoms with Gasteiger partial charge >= 0.3 is 6.18 Å². The Kier molecular flexibility index (Phi) is 4.54. The Hall–Kier alpha value is -0.810. The van der Waals surface area contributed by atoms with E-state index in [-0.39, 0.29) is 11.5 Å². The molecule has 1 aliphatic rings. The molecule has 1 nitrogen and oxygen atoms in total. The Morgan fingerprint density at radius 3 is 2.43 bits per heavy atom. The second kappa shape index (κ2) is 5.76. The summed E-state index contributed by atoms with van der Waals surface area (Å²) in [4.78, 5) is 0. The third kappa shape index (κ3) is 3.89. The highest BCUT2D eigenvalue weighted by molar-refractivity contribution is 9.10. The number of benzene rings is 1. The molecule has 0 saturated heterocycles. The summed E-state index contributed by atoms with van der Waals surface area (Å²) in [6.45, 7) is 7.12. The van der Waals surface area contributed by atoms with Gasteiger partial charge in [-0.15, -0.1) is 0 Å². The molecule has 1 atom stereocenters. The van der Waals surface area contributed by atoms with Crippen molar-refractivity contribution < 1.29 is 13.2 Å². The number of rotatable bonds is 1. The van der Waals surface area contributed by atoms with Crippen LogP contribution in [0.5, 0.6) is 0 Å². The fourth-order valence-corrected chi connectivity index (χ4v) is 2.94. The van der Waals surface area contributed by atoms with E-state index >= 15 is 0 Å². The van der Waals surface area contributed by atoms with Gasteiger partial charge in [0.15, 0.2) is 0 Å². The van der Waals surface area contributed by atoms with E-state index < -0.39 is 11.7 Å². The Morgan fingerprint density at radius 1 is 1.19 bits per heavy atom. The smallest absolute Gasteiger partial charge is 0.310 e. The Bertz CT molecular complexity index is 556. The van der Waals surface area contributed by atoms with E-state index in [1.165, 1.54) is 12.1 Å². The molecule has 1 heterocycles. The molecule has 1 N–H and O–H groups in total. The van der Waals surface area contributed by atoms with Crippen LogP contribution >= 0.6 is 15.9 Å². The van der Waals surface area contributed by atoms with Gasteiger partial charge in [-0.05, 0) is 47.7 Å². The zero-order valence-electron chi connectivity index (χ0n) is 12.3. The van der Waals surface area contributed by atoms with Gasteiger partial charge in [-0.1, -0.05) is 42.8 Å². The normalized spacial score (nSPS) is 20.3. The number of halogens is 4. The SMILES string of the molecule is CC(C)(C)C1C=C(c2cc(C(F)(F)F)ccc2Br)CCN1. The van der Waals surface area contributed by atoms with Crippen molar-refractivity contribution >= 4 is 21.5 Å². The molecule has 116 valence electrons. The third-order valence-corrected chi connectivity index (χ3v) is 4.39. The molecule has 1 aromatic rings. The molecule has 1 aliphatic heterocycles. The number of alkyl halides is 3. The average molecular weight is 362 g/mol. The van der Waals surface area contributed by atoms with E-state index in [2.05, 4.69) is 48.1 Å². The lowest BCUT2D eigenvalue weighted by Gasteiger charge is -2.33. The molecule has 1 aromatic carbocycles. The van der Waals surface area contributed by atoms with Gasteiger partial charge in [0.05, 0.1) is 5.56 Å². The molecule has 0 fully saturated rings. The van der Waals surface area contributed by atoms with Crippen molar-refractivity contribution in [2.45, 2.75) is 39.4 Å². The van der Waals surface area contributed by atoms with Gasteiger partial charge in [-0.3, -0.25) is 0 Å². The highest BCUT2D eigenvalue weighted by Gasteiger charge is 2.32. The van der Waals surface area contributed by atoms with Crippen LogP contribution in [0.15, 0.2) is 28.7 Å². The summed E-state index contributed by atoms with van der Waals surface area (Å²) in [5, 5.41) is 3.41. The molecule has 0 aromatic heterocycles. The second-order valence-corrected chi connectivity index (χ2v) is 7.29. The van der Waals surface area contributed by atoms with Gasteiger partial charge < -0.3 is 5.32 Å². The lowest BCUT2D eigenvalue weighted by molar-refractivity contribution is -0.137. The minimum Gasteiger partial charge on any atom is -0.310 e. The summed E-state index contributed by atoms with van der Waals surface area (Å²) in [6, 6.07) is 3.98. The molecule has 1 unspecified atom stereocenters. The fraction of sp³-hybridized carbons (Fsp3) is 0.500. The maximum atomic E-state index is 12.9. The molecule has 0 bridgehead atoms. The van der Waals surface area contributed by atoms with E-state index in [0.29, 0.717) is 10.0 Å². The first-order valence-corrected chi connectivity index (χ1v) is 7.69. The molecule has 2 rings (SSSR count). The maximum Gasteiger partial charge on any atom is 0.416 e. The van der Waals surface area contributed by atoms with Gasteiger partial charge in [0.1, 0.15) is 0 Å². The Morgan fingerprint density at radius 2 is 1.86 bits per heavy atom. The van der Waals surface area contributed by atoms with Gasteiger partial charge in [-0.2, -0.15) is 13.2 Å². The first-order valence-electron chi connectivity index (χ1n) is 6.90. The minimum absolute atomic E-state index is 0.0276. The van der Waals surface area contributed by atoms with Crippen molar-refractivity contribution in [1.82, 2.24) is 5.32 Å². The largest absolute Gasteiger partial charge is 0.416 e. The van der Waals surface area contributed by atoms with Crippen LogP contribution in [0.3, 0.4) is 0 Å². The van der Waals surface area contributed by atoms with E-state index in [9.17, 15) is 13.2 Å².